The molecule has 0 saturated heterocycles. The molecule has 0 aromatic heterocycles. The second-order valence-electron chi connectivity index (χ2n) is 3.03. The van der Waals surface area contributed by atoms with Gasteiger partial charge in [-0.3, -0.25) is 4.39 Å². The van der Waals surface area contributed by atoms with Crippen molar-refractivity contribution in [2.75, 3.05) is 19.8 Å². The largest absolute Gasteiger partial charge is 0.395 e. The first-order valence-electron chi connectivity index (χ1n) is 4.12. The summed E-state index contributed by atoms with van der Waals surface area (Å²) < 4.78 is 11.6. The van der Waals surface area contributed by atoms with E-state index >= 15 is 0 Å². The molecular weight excluding hydrogens is 145 g/mol. The van der Waals surface area contributed by atoms with Crippen molar-refractivity contribution >= 4 is 0 Å². The fraction of sp³-hybridized carbons (Fsp3) is 1.00. The summed E-state index contributed by atoms with van der Waals surface area (Å²) in [6.07, 6.45) is 0.531. The van der Waals surface area contributed by atoms with Gasteiger partial charge in [0, 0.05) is 6.04 Å². The summed E-state index contributed by atoms with van der Waals surface area (Å²) in [5.41, 5.74) is 0. The maximum atomic E-state index is 11.6. The molecule has 0 aromatic carbocycles. The van der Waals surface area contributed by atoms with Crippen molar-refractivity contribution in [3.63, 3.8) is 0 Å². The summed E-state index contributed by atoms with van der Waals surface area (Å²) in [6, 6.07) is 0.113. The van der Waals surface area contributed by atoms with Gasteiger partial charge in [0.1, 0.15) is 0 Å². The molecule has 0 heterocycles. The highest BCUT2D eigenvalue weighted by Gasteiger charge is 2.09. The highest BCUT2D eigenvalue weighted by Crippen LogP contribution is 1.99. The van der Waals surface area contributed by atoms with Crippen LogP contribution in [0.15, 0.2) is 0 Å². The number of rotatable bonds is 6. The van der Waals surface area contributed by atoms with Gasteiger partial charge in [-0.1, -0.05) is 13.8 Å². The third-order valence-corrected chi connectivity index (χ3v) is 1.72. The van der Waals surface area contributed by atoms with Crippen molar-refractivity contribution in [3.8, 4) is 0 Å². The van der Waals surface area contributed by atoms with Crippen molar-refractivity contribution < 1.29 is 9.50 Å². The lowest BCUT2D eigenvalue weighted by molar-refractivity contribution is 0.210. The number of aliphatic hydroxyl groups is 1. The maximum absolute atomic E-state index is 11.6. The first-order chi connectivity index (χ1) is 5.22. The minimum atomic E-state index is -0.288. The fourth-order valence-electron chi connectivity index (χ4n) is 0.865. The Morgan fingerprint density at radius 1 is 1.45 bits per heavy atom. The fourth-order valence-corrected chi connectivity index (χ4v) is 0.865. The van der Waals surface area contributed by atoms with Crippen LogP contribution < -0.4 is 5.32 Å². The van der Waals surface area contributed by atoms with E-state index in [4.69, 9.17) is 5.11 Å². The van der Waals surface area contributed by atoms with Crippen LogP contribution in [0.4, 0.5) is 4.39 Å². The summed E-state index contributed by atoms with van der Waals surface area (Å²) in [4.78, 5) is 0. The van der Waals surface area contributed by atoms with Gasteiger partial charge in [0.2, 0.25) is 0 Å². The molecule has 0 aliphatic rings. The lowest BCUT2D eigenvalue weighted by Crippen LogP contribution is -2.37. The van der Waals surface area contributed by atoms with Crippen molar-refractivity contribution in [1.29, 1.82) is 0 Å². The average molecular weight is 163 g/mol. The summed E-state index contributed by atoms with van der Waals surface area (Å²) >= 11 is 0. The molecule has 0 aliphatic heterocycles. The average Bonchev–Trinajstić information content (AvgIpc) is 1.97. The van der Waals surface area contributed by atoms with E-state index in [1.807, 2.05) is 13.8 Å². The van der Waals surface area contributed by atoms with Gasteiger partial charge in [-0.25, -0.2) is 0 Å². The molecule has 0 unspecified atom stereocenters. The van der Waals surface area contributed by atoms with E-state index in [0.29, 0.717) is 18.9 Å². The summed E-state index contributed by atoms with van der Waals surface area (Å²) in [6.45, 7) is 4.56. The zero-order valence-electron chi connectivity index (χ0n) is 7.31. The second-order valence-corrected chi connectivity index (χ2v) is 3.03. The maximum Gasteiger partial charge on any atom is 0.0906 e. The minimum absolute atomic E-state index is 0.113. The van der Waals surface area contributed by atoms with E-state index in [9.17, 15) is 4.39 Å². The number of hydrogen-bond acceptors (Lipinski definition) is 2. The summed E-state index contributed by atoms with van der Waals surface area (Å²) in [5, 5.41) is 11.9. The molecule has 2 N–H and O–H groups in total. The van der Waals surface area contributed by atoms with E-state index in [2.05, 4.69) is 5.32 Å². The summed E-state index contributed by atoms with van der Waals surface area (Å²) in [7, 11) is 0. The molecular formula is C8H18FNO. The Morgan fingerprint density at radius 2 is 2.09 bits per heavy atom. The number of aliphatic hydroxyl groups excluding tert-OH is 1. The topological polar surface area (TPSA) is 32.3 Å². The van der Waals surface area contributed by atoms with Gasteiger partial charge in [0.25, 0.3) is 0 Å². The number of halogens is 1. The molecule has 68 valence electrons. The Balaban J connectivity index is 3.36. The van der Waals surface area contributed by atoms with Gasteiger partial charge >= 0.3 is 0 Å². The van der Waals surface area contributed by atoms with Gasteiger partial charge in [-0.05, 0) is 18.9 Å². The van der Waals surface area contributed by atoms with Gasteiger partial charge < -0.3 is 10.4 Å². The molecule has 0 fully saturated rings. The molecule has 11 heavy (non-hydrogen) atoms. The van der Waals surface area contributed by atoms with E-state index in [0.717, 1.165) is 0 Å². The predicted octanol–water partition coefficient (Wildman–Crippen LogP) is 0.952. The third-order valence-electron chi connectivity index (χ3n) is 1.72. The van der Waals surface area contributed by atoms with Crippen LogP contribution in [0.1, 0.15) is 20.3 Å². The van der Waals surface area contributed by atoms with Crippen LogP contribution in [0.3, 0.4) is 0 Å². The van der Waals surface area contributed by atoms with Crippen LogP contribution in [0, 0.1) is 5.92 Å². The molecule has 0 radical (unpaired) electrons. The second kappa shape index (κ2) is 6.55. The van der Waals surface area contributed by atoms with Crippen LogP contribution in [0.5, 0.6) is 0 Å². The van der Waals surface area contributed by atoms with E-state index in [1.165, 1.54) is 0 Å². The lowest BCUT2D eigenvalue weighted by atomic mass is 10.1. The number of alkyl halides is 1. The minimum Gasteiger partial charge on any atom is -0.395 e. The van der Waals surface area contributed by atoms with E-state index in [1.54, 1.807) is 0 Å². The van der Waals surface area contributed by atoms with Crippen LogP contribution in [0.25, 0.3) is 0 Å². The summed E-state index contributed by atoms with van der Waals surface area (Å²) in [5.74, 6) is 0.402. The van der Waals surface area contributed by atoms with E-state index in [-0.39, 0.29) is 19.3 Å². The molecule has 0 saturated carbocycles. The number of nitrogens with one attached hydrogen (secondary N) is 1. The molecule has 2 nitrogen and oxygen atoms in total. The first kappa shape index (κ1) is 10.8. The molecule has 0 rings (SSSR count). The molecule has 3 heteroatoms. The van der Waals surface area contributed by atoms with Gasteiger partial charge in [0.05, 0.1) is 13.3 Å². The molecule has 0 aliphatic carbocycles. The SMILES string of the molecule is CC(C)[C@@H](CO)NCCCF. The quantitative estimate of drug-likeness (QED) is 0.571. The standard InChI is InChI=1S/C8H18FNO/c1-7(2)8(6-11)10-5-3-4-9/h7-8,10-11H,3-6H2,1-2H3/t8-/m1/s1. The Bertz CT molecular complexity index is 88.2. The zero-order valence-corrected chi connectivity index (χ0v) is 7.31. The highest BCUT2D eigenvalue weighted by molar-refractivity contribution is 4.68. The number of hydrogen-bond donors (Lipinski definition) is 2. The van der Waals surface area contributed by atoms with Crippen molar-refractivity contribution in [1.82, 2.24) is 5.32 Å². The molecule has 0 aromatic rings. The van der Waals surface area contributed by atoms with E-state index < -0.39 is 0 Å². The van der Waals surface area contributed by atoms with Crippen molar-refractivity contribution in [2.45, 2.75) is 26.3 Å². The Hall–Kier alpha value is -0.150. The monoisotopic (exact) mass is 163 g/mol. The van der Waals surface area contributed by atoms with Crippen molar-refractivity contribution in [3.05, 3.63) is 0 Å². The Kier molecular flexibility index (Phi) is 6.46. The smallest absolute Gasteiger partial charge is 0.0906 e. The first-order valence-corrected chi connectivity index (χ1v) is 4.12. The Labute approximate surface area is 67.8 Å². The van der Waals surface area contributed by atoms with Crippen LogP contribution in [-0.2, 0) is 0 Å². The van der Waals surface area contributed by atoms with Crippen LogP contribution >= 0.6 is 0 Å². The zero-order chi connectivity index (χ0) is 8.69. The van der Waals surface area contributed by atoms with Gasteiger partial charge in [0.15, 0.2) is 0 Å². The Morgan fingerprint density at radius 3 is 2.45 bits per heavy atom. The molecule has 0 spiro atoms. The lowest BCUT2D eigenvalue weighted by Gasteiger charge is -2.19. The molecule has 0 bridgehead atoms. The van der Waals surface area contributed by atoms with Crippen LogP contribution in [-0.4, -0.2) is 31.0 Å². The van der Waals surface area contributed by atoms with Gasteiger partial charge in [-0.2, -0.15) is 0 Å². The normalized spacial score (nSPS) is 13.9. The molecule has 1 atom stereocenters. The van der Waals surface area contributed by atoms with Crippen LogP contribution in [0.2, 0.25) is 0 Å². The van der Waals surface area contributed by atoms with Crippen molar-refractivity contribution in [2.24, 2.45) is 5.92 Å². The molecule has 0 amide bonds. The third kappa shape index (κ3) is 5.16. The van der Waals surface area contributed by atoms with Gasteiger partial charge in [-0.15, -0.1) is 0 Å². The highest BCUT2D eigenvalue weighted by atomic mass is 19.1. The predicted molar refractivity (Wildman–Crippen MR) is 44.3 cm³/mol.